The summed E-state index contributed by atoms with van der Waals surface area (Å²) < 4.78 is 5.83. The Labute approximate surface area is 180 Å². The van der Waals surface area contributed by atoms with Crippen molar-refractivity contribution in [2.45, 2.75) is 6.92 Å². The zero-order chi connectivity index (χ0) is 22.3. The standard InChI is InChI=1S/C26H16O6/c1-11-9-15-19(17(29)10-11)22-23-21(15)18(12-5-7-13(27)8-6-12)26(31)32-25(23)20-14(24(22)30)3-2-4-16(20)28/h2-10,27,29-31H,1H3. The number of rotatable bonds is 1. The van der Waals surface area contributed by atoms with E-state index in [1.54, 1.807) is 30.3 Å². The van der Waals surface area contributed by atoms with Gasteiger partial charge in [-0.1, -0.05) is 30.3 Å². The lowest BCUT2D eigenvalue weighted by atomic mass is 9.97. The molecule has 0 unspecified atom stereocenters. The number of aromatic hydroxyl groups is 4. The van der Waals surface area contributed by atoms with Gasteiger partial charge < -0.3 is 24.8 Å². The van der Waals surface area contributed by atoms with Crippen LogP contribution >= 0.6 is 0 Å². The minimum Gasteiger partial charge on any atom is -0.508 e. The van der Waals surface area contributed by atoms with Crippen molar-refractivity contribution in [3.63, 3.8) is 0 Å². The van der Waals surface area contributed by atoms with E-state index >= 15 is 0 Å². The van der Waals surface area contributed by atoms with Crippen LogP contribution in [0.4, 0.5) is 0 Å². The Kier molecular flexibility index (Phi) is 3.46. The van der Waals surface area contributed by atoms with Crippen LogP contribution < -0.4 is 5.43 Å². The molecule has 4 N–H and O–H groups in total. The summed E-state index contributed by atoms with van der Waals surface area (Å²) in [6, 6.07) is 14.2. The Bertz CT molecular complexity index is 1780. The molecule has 6 heteroatoms. The molecule has 0 fully saturated rings. The first kappa shape index (κ1) is 18.3. The molecule has 5 aromatic carbocycles. The van der Waals surface area contributed by atoms with Gasteiger partial charge in [-0.25, -0.2) is 0 Å². The van der Waals surface area contributed by atoms with Gasteiger partial charge in [0.25, 0.3) is 5.95 Å². The molecule has 0 saturated carbocycles. The fraction of sp³-hybridized carbons (Fsp3) is 0.0385. The summed E-state index contributed by atoms with van der Waals surface area (Å²) in [5, 5.41) is 45.6. The van der Waals surface area contributed by atoms with Crippen molar-refractivity contribution in [3.8, 4) is 34.3 Å². The third kappa shape index (κ3) is 2.21. The third-order valence-electron chi connectivity index (χ3n) is 6.07. The average molecular weight is 424 g/mol. The highest BCUT2D eigenvalue weighted by Crippen LogP contribution is 2.54. The van der Waals surface area contributed by atoms with Crippen LogP contribution in [0.15, 0.2) is 63.8 Å². The number of hydrogen-bond donors (Lipinski definition) is 4. The number of phenols is 3. The summed E-state index contributed by atoms with van der Waals surface area (Å²) in [6.07, 6.45) is 0. The fourth-order valence-electron chi connectivity index (χ4n) is 4.81. The molecule has 0 aliphatic carbocycles. The molecule has 6 nitrogen and oxygen atoms in total. The summed E-state index contributed by atoms with van der Waals surface area (Å²) in [4.78, 5) is 12.8. The lowest BCUT2D eigenvalue weighted by Crippen LogP contribution is -1.99. The van der Waals surface area contributed by atoms with Gasteiger partial charge in [0.15, 0.2) is 11.0 Å². The molecule has 0 aliphatic heterocycles. The predicted octanol–water partition coefficient (Wildman–Crippen LogP) is 5.49. The van der Waals surface area contributed by atoms with Gasteiger partial charge >= 0.3 is 0 Å². The van der Waals surface area contributed by atoms with E-state index in [1.807, 2.05) is 13.0 Å². The normalized spacial score (nSPS) is 11.9. The molecular weight excluding hydrogens is 408 g/mol. The van der Waals surface area contributed by atoms with Crippen LogP contribution in [0.1, 0.15) is 5.56 Å². The van der Waals surface area contributed by atoms with Gasteiger partial charge in [-0.15, -0.1) is 0 Å². The number of benzene rings is 4. The van der Waals surface area contributed by atoms with E-state index in [0.717, 1.165) is 5.56 Å². The van der Waals surface area contributed by atoms with Crippen LogP contribution in [0.5, 0.6) is 23.2 Å². The number of hydrogen-bond acceptors (Lipinski definition) is 6. The second-order valence-electron chi connectivity index (χ2n) is 8.02. The first-order chi connectivity index (χ1) is 15.4. The first-order valence-corrected chi connectivity index (χ1v) is 9.98. The largest absolute Gasteiger partial charge is 0.508 e. The molecule has 0 saturated heterocycles. The first-order valence-electron chi connectivity index (χ1n) is 9.98. The monoisotopic (exact) mass is 424 g/mol. The minimum atomic E-state index is -0.409. The van der Waals surface area contributed by atoms with E-state index in [2.05, 4.69) is 0 Å². The molecular formula is C26H16O6. The molecule has 1 aromatic heterocycles. The quantitative estimate of drug-likeness (QED) is 0.260. The van der Waals surface area contributed by atoms with Crippen LogP contribution in [0.25, 0.3) is 54.4 Å². The van der Waals surface area contributed by atoms with E-state index in [1.165, 1.54) is 18.2 Å². The smallest absolute Gasteiger partial charge is 0.291 e. The molecule has 0 aliphatic rings. The molecule has 0 bridgehead atoms. The lowest BCUT2D eigenvalue weighted by Gasteiger charge is -2.11. The van der Waals surface area contributed by atoms with Gasteiger partial charge in [-0.2, -0.15) is 0 Å². The molecule has 1 heterocycles. The maximum absolute atomic E-state index is 12.8. The number of fused-ring (bicyclic) bond motifs is 5. The Morgan fingerprint density at radius 1 is 0.750 bits per heavy atom. The minimum absolute atomic E-state index is 0.0263. The van der Waals surface area contributed by atoms with Crippen LogP contribution in [0.3, 0.4) is 0 Å². The van der Waals surface area contributed by atoms with E-state index in [9.17, 15) is 25.2 Å². The Morgan fingerprint density at radius 2 is 1.50 bits per heavy atom. The second kappa shape index (κ2) is 6.04. The highest BCUT2D eigenvalue weighted by Gasteiger charge is 2.28. The molecule has 0 spiro atoms. The average Bonchev–Trinajstić information content (AvgIpc) is 3.09. The topological polar surface area (TPSA) is 111 Å². The van der Waals surface area contributed by atoms with Gasteiger partial charge in [0.2, 0.25) is 0 Å². The fourth-order valence-corrected chi connectivity index (χ4v) is 4.81. The van der Waals surface area contributed by atoms with Crippen LogP contribution in [-0.4, -0.2) is 20.4 Å². The van der Waals surface area contributed by atoms with Gasteiger partial charge in [-0.3, -0.25) is 4.79 Å². The Morgan fingerprint density at radius 3 is 2.25 bits per heavy atom. The Balaban J connectivity index is 2.02. The highest BCUT2D eigenvalue weighted by atomic mass is 16.5. The molecule has 6 aromatic rings. The van der Waals surface area contributed by atoms with Crippen molar-refractivity contribution in [2.24, 2.45) is 0 Å². The number of phenolic OH excluding ortho intramolecular Hbond substituents is 3. The van der Waals surface area contributed by atoms with E-state index in [4.69, 9.17) is 4.42 Å². The van der Waals surface area contributed by atoms with Crippen molar-refractivity contribution in [1.82, 2.24) is 0 Å². The zero-order valence-electron chi connectivity index (χ0n) is 16.8. The number of aryl methyl sites for hydroxylation is 1. The molecule has 0 radical (unpaired) electrons. The molecule has 0 amide bonds. The van der Waals surface area contributed by atoms with Crippen LogP contribution in [0, 0.1) is 6.92 Å². The maximum atomic E-state index is 12.8. The van der Waals surface area contributed by atoms with E-state index < -0.39 is 5.95 Å². The third-order valence-corrected chi connectivity index (χ3v) is 6.07. The lowest BCUT2D eigenvalue weighted by molar-refractivity contribution is 0.344. The van der Waals surface area contributed by atoms with Gasteiger partial charge in [0.1, 0.15) is 17.2 Å². The summed E-state index contributed by atoms with van der Waals surface area (Å²) >= 11 is 0. The SMILES string of the molecule is Cc1cc(O)c2c(c1)c1c(-c3ccc(O)cc3)c(O)oc3c4c(=O)cccc4c(O)c2c31. The van der Waals surface area contributed by atoms with Crippen molar-refractivity contribution in [3.05, 3.63) is 70.4 Å². The van der Waals surface area contributed by atoms with Gasteiger partial charge in [0.05, 0.1) is 10.9 Å². The molecule has 156 valence electrons. The molecule has 32 heavy (non-hydrogen) atoms. The van der Waals surface area contributed by atoms with Gasteiger partial charge in [-0.05, 0) is 47.7 Å². The van der Waals surface area contributed by atoms with Crippen molar-refractivity contribution >= 4 is 43.3 Å². The van der Waals surface area contributed by atoms with Crippen molar-refractivity contribution in [1.29, 1.82) is 0 Å². The zero-order valence-corrected chi connectivity index (χ0v) is 16.8. The van der Waals surface area contributed by atoms with Gasteiger partial charge in [0, 0.05) is 26.9 Å². The van der Waals surface area contributed by atoms with E-state index in [0.29, 0.717) is 38.1 Å². The predicted molar refractivity (Wildman–Crippen MR) is 123 cm³/mol. The summed E-state index contributed by atoms with van der Waals surface area (Å²) in [6.45, 7) is 1.83. The maximum Gasteiger partial charge on any atom is 0.291 e. The van der Waals surface area contributed by atoms with E-state index in [-0.39, 0.29) is 39.0 Å². The van der Waals surface area contributed by atoms with Crippen LogP contribution in [0.2, 0.25) is 0 Å². The second-order valence-corrected chi connectivity index (χ2v) is 8.02. The van der Waals surface area contributed by atoms with Crippen LogP contribution in [-0.2, 0) is 0 Å². The summed E-state index contributed by atoms with van der Waals surface area (Å²) in [5.41, 5.74) is 1.47. The van der Waals surface area contributed by atoms with Crippen molar-refractivity contribution < 1.29 is 24.8 Å². The molecule has 0 atom stereocenters. The highest BCUT2D eigenvalue weighted by molar-refractivity contribution is 6.39. The summed E-state index contributed by atoms with van der Waals surface area (Å²) in [5.74, 6) is -0.506. The molecule has 6 rings (SSSR count). The van der Waals surface area contributed by atoms with Crippen molar-refractivity contribution in [2.75, 3.05) is 0 Å². The Hall–Kier alpha value is -4.45. The summed E-state index contributed by atoms with van der Waals surface area (Å²) in [7, 11) is 0.